The van der Waals surface area contributed by atoms with Crippen LogP contribution in [0.25, 0.3) is 33.4 Å². The molecule has 12 aliphatic rings. The summed E-state index contributed by atoms with van der Waals surface area (Å²) in [6.45, 7) is 17.8. The highest BCUT2D eigenvalue weighted by molar-refractivity contribution is 5.96. The maximum atomic E-state index is 15.6. The summed E-state index contributed by atoms with van der Waals surface area (Å²) in [7, 11) is 1.75. The molecule has 16 rings (SSSR count). The summed E-state index contributed by atoms with van der Waals surface area (Å²) in [5.74, 6) is -0.0986. The van der Waals surface area contributed by atoms with E-state index in [-0.39, 0.29) is 53.9 Å². The highest BCUT2D eigenvalue weighted by Gasteiger charge is 2.66. The van der Waals surface area contributed by atoms with Gasteiger partial charge in [-0.15, -0.1) is 0 Å². The van der Waals surface area contributed by atoms with Gasteiger partial charge in [0.25, 0.3) is 11.8 Å². The number of pyridine rings is 1. The van der Waals surface area contributed by atoms with Crippen LogP contribution in [0.5, 0.6) is 0 Å². The number of cyclic esters (lactones) is 1. The third kappa shape index (κ3) is 9.26. The monoisotopic (exact) mass is 1080 g/mol. The van der Waals surface area contributed by atoms with Crippen LogP contribution in [0.2, 0.25) is 0 Å². The zero-order valence-corrected chi connectivity index (χ0v) is 47.1. The minimum atomic E-state index is -1.13. The lowest BCUT2D eigenvalue weighted by molar-refractivity contribution is -0.206. The number of amides is 2. The summed E-state index contributed by atoms with van der Waals surface area (Å²) in [5.41, 5.74) is 9.09. The van der Waals surface area contributed by atoms with Gasteiger partial charge in [0.15, 0.2) is 0 Å². The summed E-state index contributed by atoms with van der Waals surface area (Å²) in [4.78, 5) is 60.7. The summed E-state index contributed by atoms with van der Waals surface area (Å²) < 4.78 is 46.4. The van der Waals surface area contributed by atoms with Crippen LogP contribution in [0.4, 0.5) is 0 Å². The van der Waals surface area contributed by atoms with Gasteiger partial charge in [0, 0.05) is 91.1 Å². The maximum Gasteiger partial charge on any atom is 0.325 e. The predicted molar refractivity (Wildman–Crippen MR) is 291 cm³/mol. The Morgan fingerprint density at radius 2 is 1.71 bits per heavy atom. The number of carbonyl (C=O) groups is 3. The van der Waals surface area contributed by atoms with Gasteiger partial charge < -0.3 is 47.6 Å². The number of hydrogen-bond donors (Lipinski definition) is 2. The molecule has 79 heavy (non-hydrogen) atoms. The molecule has 3 aromatic heterocycles. The van der Waals surface area contributed by atoms with E-state index in [2.05, 4.69) is 76.3 Å². The molecule has 1 spiro atoms. The molecule has 0 unspecified atom stereocenters. The van der Waals surface area contributed by atoms with E-state index in [1.165, 1.54) is 18.4 Å². The van der Waals surface area contributed by atoms with Gasteiger partial charge in [-0.2, -0.15) is 0 Å². The molecule has 9 aliphatic heterocycles. The van der Waals surface area contributed by atoms with E-state index >= 15 is 4.79 Å². The normalized spacial score (nSPS) is 31.9. The lowest BCUT2D eigenvalue weighted by Crippen LogP contribution is -2.74. The number of rotatable bonds is 12. The van der Waals surface area contributed by atoms with Crippen molar-refractivity contribution in [2.45, 2.75) is 171 Å². The zero-order valence-electron chi connectivity index (χ0n) is 47.1. The van der Waals surface area contributed by atoms with Crippen molar-refractivity contribution in [3.8, 4) is 22.5 Å². The number of carbonyl (C=O) groups excluding carboxylic acids is 3. The molecule has 10 bridgehead atoms. The van der Waals surface area contributed by atoms with Crippen molar-refractivity contribution >= 4 is 28.7 Å². The van der Waals surface area contributed by atoms with Crippen LogP contribution in [0.15, 0.2) is 41.1 Å². The number of hydrazine groups is 1. The number of piperidine rings is 1. The molecule has 18 nitrogen and oxygen atoms in total. The largest absolute Gasteiger partial charge is 0.464 e. The van der Waals surface area contributed by atoms with Crippen LogP contribution in [-0.2, 0) is 55.8 Å². The fraction of sp³-hybridized carbons (Fsp3) is 0.689. The fourth-order valence-electron chi connectivity index (χ4n) is 15.2. The molecule has 8 saturated heterocycles. The summed E-state index contributed by atoms with van der Waals surface area (Å²) >= 11 is 0. The van der Waals surface area contributed by atoms with Crippen LogP contribution in [0, 0.1) is 22.7 Å². The van der Waals surface area contributed by atoms with Crippen molar-refractivity contribution in [1.29, 1.82) is 0 Å². The first-order valence-corrected chi connectivity index (χ1v) is 29.7. The average Bonchev–Trinajstić information content (AvgIpc) is 3.27. The van der Waals surface area contributed by atoms with Gasteiger partial charge >= 0.3 is 5.97 Å². The second-order valence-corrected chi connectivity index (χ2v) is 26.8. The lowest BCUT2D eigenvalue weighted by Gasteiger charge is -2.58. The van der Waals surface area contributed by atoms with Gasteiger partial charge in [0.05, 0.1) is 55.6 Å². The average molecular weight is 1090 g/mol. The van der Waals surface area contributed by atoms with Crippen LogP contribution in [0.3, 0.4) is 0 Å². The Bertz CT molecular complexity index is 3000. The zero-order chi connectivity index (χ0) is 54.2. The number of methoxy groups -OCH3 is 1. The molecule has 12 heterocycles. The quantitative estimate of drug-likeness (QED) is 0.138. The summed E-state index contributed by atoms with van der Waals surface area (Å²) in [5, 5.41) is 5.94. The van der Waals surface area contributed by atoms with Crippen molar-refractivity contribution < 1.29 is 47.2 Å². The molecule has 1 aromatic carbocycles. The number of benzene rings is 1. The van der Waals surface area contributed by atoms with E-state index in [1.807, 2.05) is 13.8 Å². The highest BCUT2D eigenvalue weighted by Crippen LogP contribution is 2.58. The van der Waals surface area contributed by atoms with Crippen molar-refractivity contribution in [3.05, 3.63) is 59.4 Å². The lowest BCUT2D eigenvalue weighted by atomic mass is 9.69. The second-order valence-electron chi connectivity index (χ2n) is 26.8. The third-order valence-corrected chi connectivity index (χ3v) is 20.3. The Morgan fingerprint density at radius 1 is 0.937 bits per heavy atom. The van der Waals surface area contributed by atoms with Crippen molar-refractivity contribution in [2.75, 3.05) is 72.9 Å². The number of nitrogens with zero attached hydrogens (tertiary/aromatic N) is 6. The first kappa shape index (κ1) is 52.3. The number of hydrogen-bond acceptors (Lipinski definition) is 15. The van der Waals surface area contributed by atoms with Crippen LogP contribution >= 0.6 is 0 Å². The maximum absolute atomic E-state index is 15.6. The van der Waals surface area contributed by atoms with E-state index in [4.69, 9.17) is 42.8 Å². The van der Waals surface area contributed by atoms with Gasteiger partial charge in [-0.25, -0.2) is 10.4 Å². The van der Waals surface area contributed by atoms with Crippen molar-refractivity contribution in [1.82, 2.24) is 40.1 Å². The first-order chi connectivity index (χ1) is 38.1. The Labute approximate surface area is 463 Å². The van der Waals surface area contributed by atoms with E-state index in [9.17, 15) is 9.59 Å². The van der Waals surface area contributed by atoms with Crippen LogP contribution in [0.1, 0.15) is 140 Å². The van der Waals surface area contributed by atoms with Crippen LogP contribution in [-0.4, -0.2) is 162 Å². The van der Waals surface area contributed by atoms with Crippen LogP contribution < -0.4 is 10.7 Å². The molecule has 424 valence electrons. The van der Waals surface area contributed by atoms with Gasteiger partial charge in [0.2, 0.25) is 5.89 Å². The standard InChI is InChI=1S/C61H80N8O10/c1-35(73-6)49-45(24-39(28-62-49)36-11-15-66(16-12-36)41-8-9-41)52-46-27-58(2,3)32-78-56(71)50-38-21-42(22-38)69(65-50)55(70)51(64-57(72)61-25-40(26-61)59(4,5)79-61)53(67-30-60(31-67)33-75-34-60)54-63-47(29-77-54)37-7-10-48(44(46)23-37)68(52)17-20-76-43-13-18-74-19-14-43/h7,10,23-24,28-29,35-36,38,40-43,50-51,53,65H,8-9,11-22,25-27,30-34H2,1-6H3,(H,64,72)/t35-,38?,40?,42?,50-,51-,53-,61?/m0/s1. The summed E-state index contributed by atoms with van der Waals surface area (Å²) in [6.07, 6.45) is 13.1. The van der Waals surface area contributed by atoms with Crippen molar-refractivity contribution in [2.24, 2.45) is 22.7 Å². The SMILES string of the molecule is CO[C@@H](C)c1ncc(C2CCN(C3CC3)CC2)cc1-c1c2c3cc(ccc3n1CCOC1CCOCC1)-c1coc(n1)[C@@H](N1CC3(COC3)C1)[C@H](NC(=O)C13CC(C1)C(C)(C)O3)C(=O)N1N[C@H](C(=O)OCC(C)(C)C2)C2CC1C2. The minimum absolute atomic E-state index is 0.00422. The molecule has 4 aromatic rings. The Morgan fingerprint density at radius 3 is 2.41 bits per heavy atom. The van der Waals surface area contributed by atoms with E-state index < -0.39 is 40.7 Å². The molecule has 0 radical (unpaired) electrons. The van der Waals surface area contributed by atoms with Gasteiger partial charge in [-0.05, 0) is 152 Å². The predicted octanol–water partition coefficient (Wildman–Crippen LogP) is 7.04. The Kier molecular flexibility index (Phi) is 13.0. The minimum Gasteiger partial charge on any atom is -0.464 e. The van der Waals surface area contributed by atoms with E-state index in [0.717, 1.165) is 83.8 Å². The van der Waals surface area contributed by atoms with E-state index in [0.29, 0.717) is 102 Å². The fourth-order valence-corrected chi connectivity index (χ4v) is 15.2. The number of oxazole rings is 1. The molecule has 11 fully saturated rings. The molecular weight excluding hydrogens is 1000 g/mol. The molecule has 18 heteroatoms. The van der Waals surface area contributed by atoms with E-state index in [1.54, 1.807) is 18.4 Å². The molecular formula is C61H80N8O10. The molecule has 3 aliphatic carbocycles. The number of aromatic nitrogens is 3. The smallest absolute Gasteiger partial charge is 0.325 e. The number of likely N-dealkylation sites (tertiary alicyclic amines) is 2. The van der Waals surface area contributed by atoms with Gasteiger partial charge in [0.1, 0.15) is 35.7 Å². The van der Waals surface area contributed by atoms with Gasteiger partial charge in [-0.1, -0.05) is 19.9 Å². The van der Waals surface area contributed by atoms with Crippen molar-refractivity contribution in [3.63, 3.8) is 0 Å². The number of ether oxygens (including phenoxy) is 6. The number of fused-ring (bicyclic) bond motifs is 5. The number of esters is 1. The molecule has 3 saturated carbocycles. The Hall–Kier alpha value is -4.79. The second kappa shape index (κ2) is 19.7. The molecule has 2 N–H and O–H groups in total. The Balaban J connectivity index is 0.910. The first-order valence-electron chi connectivity index (χ1n) is 29.7. The topological polar surface area (TPSA) is 184 Å². The molecule has 4 atom stereocenters. The van der Waals surface area contributed by atoms with Gasteiger partial charge in [-0.3, -0.25) is 29.3 Å². The molecule has 2 amide bonds. The third-order valence-electron chi connectivity index (χ3n) is 20.3. The number of nitrogens with one attached hydrogen (secondary N) is 2. The highest BCUT2D eigenvalue weighted by atomic mass is 16.5. The summed E-state index contributed by atoms with van der Waals surface area (Å²) in [6, 6.07) is 6.84.